The molecule has 1 atom stereocenters. The summed E-state index contributed by atoms with van der Waals surface area (Å²) in [6, 6.07) is 0. The Labute approximate surface area is 97.9 Å². The first kappa shape index (κ1) is 11.7. The lowest BCUT2D eigenvalue weighted by Crippen LogP contribution is -2.40. The van der Waals surface area contributed by atoms with Gasteiger partial charge in [0.15, 0.2) is 0 Å². The third kappa shape index (κ3) is 3.61. The molecule has 15 heavy (non-hydrogen) atoms. The highest BCUT2D eigenvalue weighted by Gasteiger charge is 2.22. The van der Waals surface area contributed by atoms with Crippen molar-refractivity contribution in [2.75, 3.05) is 38.7 Å². The monoisotopic (exact) mass is 231 g/mol. The molecule has 2 rings (SSSR count). The zero-order chi connectivity index (χ0) is 10.5. The van der Waals surface area contributed by atoms with Crippen LogP contribution in [0.15, 0.2) is 0 Å². The van der Waals surface area contributed by atoms with Crippen LogP contribution in [-0.2, 0) is 4.74 Å². The van der Waals surface area contributed by atoms with E-state index in [1.165, 1.54) is 45.3 Å². The van der Waals surface area contributed by atoms with E-state index in [4.69, 9.17) is 16.3 Å². The molecular weight excluding hydrogens is 210 g/mol. The first-order valence-corrected chi connectivity index (χ1v) is 6.78. The number of piperidine rings is 1. The third-order valence-electron chi connectivity index (χ3n) is 3.68. The van der Waals surface area contributed by atoms with Gasteiger partial charge in [-0.25, -0.2) is 0 Å². The Bertz CT molecular complexity index is 182. The molecule has 3 heteroatoms. The van der Waals surface area contributed by atoms with E-state index in [2.05, 4.69) is 4.90 Å². The van der Waals surface area contributed by atoms with Gasteiger partial charge in [-0.15, -0.1) is 11.6 Å². The number of alkyl halides is 1. The highest BCUT2D eigenvalue weighted by atomic mass is 35.5. The molecule has 0 aliphatic carbocycles. The number of hydrogen-bond acceptors (Lipinski definition) is 2. The van der Waals surface area contributed by atoms with Crippen molar-refractivity contribution in [3.63, 3.8) is 0 Å². The Hall–Kier alpha value is 0.210. The fourth-order valence-corrected chi connectivity index (χ4v) is 2.99. The zero-order valence-corrected chi connectivity index (χ0v) is 10.2. The fraction of sp³-hybridized carbons (Fsp3) is 1.00. The van der Waals surface area contributed by atoms with Crippen LogP contribution in [0.4, 0.5) is 0 Å². The normalized spacial score (nSPS) is 30.6. The maximum Gasteiger partial charge on any atom is 0.0469 e. The Balaban J connectivity index is 1.72. The molecule has 0 aromatic rings. The Morgan fingerprint density at radius 2 is 1.93 bits per heavy atom. The molecule has 0 saturated carbocycles. The summed E-state index contributed by atoms with van der Waals surface area (Å²) < 4.78 is 5.39. The highest BCUT2D eigenvalue weighted by molar-refractivity contribution is 6.18. The quantitative estimate of drug-likeness (QED) is 0.692. The van der Waals surface area contributed by atoms with Crippen molar-refractivity contribution in [2.24, 2.45) is 11.8 Å². The van der Waals surface area contributed by atoms with Crippen LogP contribution in [0.5, 0.6) is 0 Å². The van der Waals surface area contributed by atoms with Crippen LogP contribution < -0.4 is 0 Å². The lowest BCUT2D eigenvalue weighted by Gasteiger charge is -2.35. The maximum absolute atomic E-state index is 5.94. The predicted molar refractivity (Wildman–Crippen MR) is 63.4 cm³/mol. The third-order valence-corrected chi connectivity index (χ3v) is 4.12. The van der Waals surface area contributed by atoms with Gasteiger partial charge in [0.25, 0.3) is 0 Å². The molecule has 0 spiro atoms. The number of halogens is 1. The van der Waals surface area contributed by atoms with E-state index in [9.17, 15) is 0 Å². The smallest absolute Gasteiger partial charge is 0.0469 e. The van der Waals surface area contributed by atoms with E-state index in [1.807, 2.05) is 0 Å². The zero-order valence-electron chi connectivity index (χ0n) is 9.46. The number of hydrogen-bond donors (Lipinski definition) is 0. The first-order chi connectivity index (χ1) is 7.38. The number of nitrogens with zero attached hydrogens (tertiary/aromatic N) is 1. The van der Waals surface area contributed by atoms with Crippen molar-refractivity contribution in [1.82, 2.24) is 4.90 Å². The standard InChI is InChI=1S/C12H22ClNO/c13-8-12-2-1-5-14(10-12)9-11-3-6-15-7-4-11/h11-12H,1-10H2. The minimum atomic E-state index is 0.736. The topological polar surface area (TPSA) is 12.5 Å². The Kier molecular flexibility index (Phi) is 4.73. The molecule has 0 N–H and O–H groups in total. The van der Waals surface area contributed by atoms with Crippen LogP contribution in [0, 0.1) is 11.8 Å². The van der Waals surface area contributed by atoms with Gasteiger partial charge in [-0.1, -0.05) is 0 Å². The van der Waals surface area contributed by atoms with E-state index in [0.29, 0.717) is 0 Å². The summed E-state index contributed by atoms with van der Waals surface area (Å²) in [5.74, 6) is 2.44. The van der Waals surface area contributed by atoms with E-state index in [0.717, 1.165) is 30.9 Å². The molecule has 88 valence electrons. The van der Waals surface area contributed by atoms with Crippen LogP contribution in [-0.4, -0.2) is 43.6 Å². The van der Waals surface area contributed by atoms with Gasteiger partial charge in [0.05, 0.1) is 0 Å². The van der Waals surface area contributed by atoms with E-state index in [-0.39, 0.29) is 0 Å². The summed E-state index contributed by atoms with van der Waals surface area (Å²) in [4.78, 5) is 2.62. The average molecular weight is 232 g/mol. The van der Waals surface area contributed by atoms with Gasteiger partial charge in [-0.05, 0) is 44.1 Å². The van der Waals surface area contributed by atoms with Gasteiger partial charge >= 0.3 is 0 Å². The van der Waals surface area contributed by atoms with E-state index >= 15 is 0 Å². The number of rotatable bonds is 3. The second-order valence-electron chi connectivity index (χ2n) is 4.98. The molecule has 0 radical (unpaired) electrons. The van der Waals surface area contributed by atoms with E-state index < -0.39 is 0 Å². The molecule has 2 saturated heterocycles. The van der Waals surface area contributed by atoms with Crippen molar-refractivity contribution in [1.29, 1.82) is 0 Å². The van der Waals surface area contributed by atoms with Crippen molar-refractivity contribution >= 4 is 11.6 Å². The maximum atomic E-state index is 5.94. The van der Waals surface area contributed by atoms with Gasteiger partial charge in [0.2, 0.25) is 0 Å². The van der Waals surface area contributed by atoms with Crippen LogP contribution in [0.25, 0.3) is 0 Å². The summed E-state index contributed by atoms with van der Waals surface area (Å²) in [6.07, 6.45) is 5.17. The lowest BCUT2D eigenvalue weighted by molar-refractivity contribution is 0.0463. The van der Waals surface area contributed by atoms with Crippen molar-refractivity contribution < 1.29 is 4.74 Å². The summed E-state index contributed by atoms with van der Waals surface area (Å²) in [6.45, 7) is 5.72. The first-order valence-electron chi connectivity index (χ1n) is 6.24. The van der Waals surface area contributed by atoms with Crippen molar-refractivity contribution in [3.05, 3.63) is 0 Å². The minimum absolute atomic E-state index is 0.736. The summed E-state index contributed by atoms with van der Waals surface area (Å²) in [7, 11) is 0. The summed E-state index contributed by atoms with van der Waals surface area (Å²) in [5.41, 5.74) is 0. The lowest BCUT2D eigenvalue weighted by atomic mass is 9.95. The highest BCUT2D eigenvalue weighted by Crippen LogP contribution is 2.21. The van der Waals surface area contributed by atoms with E-state index in [1.54, 1.807) is 0 Å². The van der Waals surface area contributed by atoms with Crippen molar-refractivity contribution in [2.45, 2.75) is 25.7 Å². The van der Waals surface area contributed by atoms with Crippen LogP contribution in [0.3, 0.4) is 0 Å². The predicted octanol–water partition coefficient (Wildman–Crippen LogP) is 2.36. The number of likely N-dealkylation sites (tertiary alicyclic amines) is 1. The molecule has 2 fully saturated rings. The molecule has 2 aliphatic rings. The second-order valence-corrected chi connectivity index (χ2v) is 5.29. The molecule has 0 aromatic heterocycles. The van der Waals surface area contributed by atoms with Crippen LogP contribution >= 0.6 is 11.6 Å². The minimum Gasteiger partial charge on any atom is -0.381 e. The molecule has 0 bridgehead atoms. The van der Waals surface area contributed by atoms with Crippen LogP contribution in [0.2, 0.25) is 0 Å². The van der Waals surface area contributed by atoms with Crippen molar-refractivity contribution in [3.8, 4) is 0 Å². The summed E-state index contributed by atoms with van der Waals surface area (Å²) >= 11 is 5.94. The largest absolute Gasteiger partial charge is 0.381 e. The molecular formula is C12H22ClNO. The van der Waals surface area contributed by atoms with Gasteiger partial charge < -0.3 is 9.64 Å². The number of ether oxygens (including phenoxy) is 1. The average Bonchev–Trinajstić information content (AvgIpc) is 2.31. The fourth-order valence-electron chi connectivity index (χ4n) is 2.74. The molecule has 2 aliphatic heterocycles. The van der Waals surface area contributed by atoms with Gasteiger partial charge in [-0.2, -0.15) is 0 Å². The second kappa shape index (κ2) is 6.07. The van der Waals surface area contributed by atoms with Gasteiger partial charge in [0, 0.05) is 32.2 Å². The Morgan fingerprint density at radius 3 is 2.67 bits per heavy atom. The molecule has 2 heterocycles. The summed E-state index contributed by atoms with van der Waals surface area (Å²) in [5, 5.41) is 0. The van der Waals surface area contributed by atoms with Crippen LogP contribution in [0.1, 0.15) is 25.7 Å². The molecule has 0 aromatic carbocycles. The molecule has 1 unspecified atom stereocenters. The SMILES string of the molecule is ClCC1CCCN(CC2CCOCC2)C1. The molecule has 2 nitrogen and oxygen atoms in total. The van der Waals surface area contributed by atoms with Gasteiger partial charge in [-0.3, -0.25) is 0 Å². The molecule has 0 amide bonds. The van der Waals surface area contributed by atoms with Gasteiger partial charge in [0.1, 0.15) is 0 Å². The Morgan fingerprint density at radius 1 is 1.13 bits per heavy atom.